The number of fused-ring (bicyclic) bond motifs is 5. The summed E-state index contributed by atoms with van der Waals surface area (Å²) in [5.74, 6) is 1.84. The largest absolute Gasteiger partial charge is 0.508 e. The summed E-state index contributed by atoms with van der Waals surface area (Å²) in [7, 11) is 0. The molecule has 4 rings (SSSR count). The van der Waals surface area contributed by atoms with Crippen LogP contribution in [0.4, 0.5) is 0 Å². The van der Waals surface area contributed by atoms with Gasteiger partial charge in [-0.1, -0.05) is 33.8 Å². The predicted octanol–water partition coefficient (Wildman–Crippen LogP) is 4.69. The first-order valence-electron chi connectivity index (χ1n) is 9.69. The number of nitrogens with two attached hydrogens (primary N) is 1. The summed E-state index contributed by atoms with van der Waals surface area (Å²) in [6.07, 6.45) is 5.90. The second kappa shape index (κ2) is 4.78. The van der Waals surface area contributed by atoms with Gasteiger partial charge in [0.1, 0.15) is 5.75 Å². The lowest BCUT2D eigenvalue weighted by Gasteiger charge is -2.62. The molecule has 0 unspecified atom stereocenters. The van der Waals surface area contributed by atoms with E-state index in [1.807, 2.05) is 6.07 Å². The van der Waals surface area contributed by atoms with Crippen LogP contribution in [-0.2, 0) is 11.8 Å². The van der Waals surface area contributed by atoms with Gasteiger partial charge in [-0.3, -0.25) is 0 Å². The Hall–Kier alpha value is -1.02. The quantitative estimate of drug-likeness (QED) is 0.726. The number of aryl methyl sites for hydroxylation is 1. The monoisotopic (exact) mass is 327 g/mol. The van der Waals surface area contributed by atoms with Gasteiger partial charge in [-0.05, 0) is 78.9 Å². The van der Waals surface area contributed by atoms with Crippen LogP contribution in [0.2, 0.25) is 0 Å². The average molecular weight is 328 g/mol. The molecule has 2 fully saturated rings. The van der Waals surface area contributed by atoms with Gasteiger partial charge in [0, 0.05) is 17.0 Å². The smallest absolute Gasteiger partial charge is 0.119 e. The van der Waals surface area contributed by atoms with Crippen LogP contribution < -0.4 is 5.73 Å². The molecule has 2 heteroatoms. The van der Waals surface area contributed by atoms with Gasteiger partial charge < -0.3 is 10.8 Å². The second-order valence-electron chi connectivity index (χ2n) is 10.1. The molecule has 2 saturated carbocycles. The van der Waals surface area contributed by atoms with Gasteiger partial charge in [0.05, 0.1) is 0 Å². The molecule has 0 amide bonds. The highest BCUT2D eigenvalue weighted by Crippen LogP contribution is 2.68. The molecule has 1 aromatic carbocycles. The molecule has 0 aromatic heterocycles. The van der Waals surface area contributed by atoms with Crippen LogP contribution in [0.25, 0.3) is 0 Å². The van der Waals surface area contributed by atoms with E-state index in [1.165, 1.54) is 36.0 Å². The van der Waals surface area contributed by atoms with Crippen molar-refractivity contribution >= 4 is 0 Å². The van der Waals surface area contributed by atoms with Crippen LogP contribution >= 0.6 is 0 Å². The van der Waals surface area contributed by atoms with Crippen molar-refractivity contribution in [1.29, 1.82) is 0 Å². The van der Waals surface area contributed by atoms with Gasteiger partial charge in [-0.25, -0.2) is 0 Å². The van der Waals surface area contributed by atoms with Gasteiger partial charge in [0.15, 0.2) is 0 Å². The molecule has 5 atom stereocenters. The van der Waals surface area contributed by atoms with Gasteiger partial charge in [0.25, 0.3) is 0 Å². The van der Waals surface area contributed by atoms with Gasteiger partial charge in [-0.2, -0.15) is 0 Å². The Morgan fingerprint density at radius 2 is 1.75 bits per heavy atom. The third-order valence-electron chi connectivity index (χ3n) is 8.50. The Labute approximate surface area is 146 Å². The minimum atomic E-state index is 0.121. The lowest BCUT2D eigenvalue weighted by molar-refractivity contribution is -0.107. The van der Waals surface area contributed by atoms with Crippen LogP contribution in [0.15, 0.2) is 12.1 Å². The standard InChI is InChI=1S/C22H33NO/c1-13-10-14-12-17-21(4)9-7-18(23)20(2,3)16(21)6-8-22(17,5)19(14)15(24)11-13/h10-11,16-18,24H,6-9,12,23H2,1-5H3/t16-,17+,18-,21-,22+/m1/s1. The molecule has 0 spiro atoms. The molecule has 2 nitrogen and oxygen atoms in total. The lowest BCUT2D eigenvalue weighted by Crippen LogP contribution is -2.60. The first-order chi connectivity index (χ1) is 11.1. The van der Waals surface area contributed by atoms with E-state index in [1.54, 1.807) is 0 Å². The molecule has 1 aromatic rings. The van der Waals surface area contributed by atoms with E-state index >= 15 is 0 Å². The molecule has 0 bridgehead atoms. The molecule has 24 heavy (non-hydrogen) atoms. The minimum absolute atomic E-state index is 0.121. The normalized spacial score (nSPS) is 43.0. The highest BCUT2D eigenvalue weighted by molar-refractivity contribution is 5.52. The van der Waals surface area contributed by atoms with Crippen molar-refractivity contribution in [1.82, 2.24) is 0 Å². The fraction of sp³-hybridized carbons (Fsp3) is 0.727. The summed E-state index contributed by atoms with van der Waals surface area (Å²) in [4.78, 5) is 0. The van der Waals surface area contributed by atoms with Crippen LogP contribution in [0, 0.1) is 29.6 Å². The molecule has 0 heterocycles. The number of phenols is 1. The number of benzene rings is 1. The zero-order valence-electron chi connectivity index (χ0n) is 15.9. The highest BCUT2D eigenvalue weighted by Gasteiger charge is 2.62. The lowest BCUT2D eigenvalue weighted by atomic mass is 9.43. The van der Waals surface area contributed by atoms with Crippen molar-refractivity contribution in [3.05, 3.63) is 28.8 Å². The van der Waals surface area contributed by atoms with Crippen molar-refractivity contribution in [3.63, 3.8) is 0 Å². The minimum Gasteiger partial charge on any atom is -0.508 e. The van der Waals surface area contributed by atoms with Gasteiger partial charge in [0.2, 0.25) is 0 Å². The maximum atomic E-state index is 10.7. The van der Waals surface area contributed by atoms with Crippen molar-refractivity contribution in [3.8, 4) is 5.75 Å². The summed E-state index contributed by atoms with van der Waals surface area (Å²) in [5, 5.41) is 10.7. The Morgan fingerprint density at radius 1 is 1.04 bits per heavy atom. The summed E-state index contributed by atoms with van der Waals surface area (Å²) >= 11 is 0. The number of hydrogen-bond acceptors (Lipinski definition) is 2. The van der Waals surface area contributed by atoms with E-state index < -0.39 is 0 Å². The third-order valence-corrected chi connectivity index (χ3v) is 8.50. The van der Waals surface area contributed by atoms with E-state index in [4.69, 9.17) is 5.73 Å². The Balaban J connectivity index is 1.83. The zero-order chi connectivity index (χ0) is 17.5. The molecule has 0 radical (unpaired) electrons. The molecule has 3 aliphatic carbocycles. The molecule has 3 N–H and O–H groups in total. The number of hydrogen-bond donors (Lipinski definition) is 2. The van der Waals surface area contributed by atoms with Crippen molar-refractivity contribution in [2.24, 2.45) is 28.4 Å². The van der Waals surface area contributed by atoms with E-state index in [2.05, 4.69) is 40.7 Å². The van der Waals surface area contributed by atoms with E-state index in [9.17, 15) is 5.11 Å². The first kappa shape index (κ1) is 16.4. The Kier molecular flexibility index (Phi) is 3.28. The fourth-order valence-corrected chi connectivity index (χ4v) is 7.22. The third kappa shape index (κ3) is 1.87. The average Bonchev–Trinajstić information content (AvgIpc) is 2.77. The van der Waals surface area contributed by atoms with Crippen molar-refractivity contribution in [2.45, 2.75) is 78.2 Å². The molecule has 132 valence electrons. The van der Waals surface area contributed by atoms with Crippen molar-refractivity contribution < 1.29 is 5.11 Å². The summed E-state index contributed by atoms with van der Waals surface area (Å²) in [5.41, 5.74) is 11.0. The summed E-state index contributed by atoms with van der Waals surface area (Å²) < 4.78 is 0. The molecule has 0 saturated heterocycles. The highest BCUT2D eigenvalue weighted by atomic mass is 16.3. The van der Waals surface area contributed by atoms with Crippen LogP contribution in [0.5, 0.6) is 5.75 Å². The SMILES string of the molecule is Cc1cc(O)c2c(c1)C[C@H]1[C@]3(C)CC[C@@H](N)C(C)(C)[C@H]3CC[C@]21C. The van der Waals surface area contributed by atoms with Crippen LogP contribution in [0.3, 0.4) is 0 Å². The maximum Gasteiger partial charge on any atom is 0.119 e. The van der Waals surface area contributed by atoms with E-state index in [-0.39, 0.29) is 10.8 Å². The second-order valence-corrected chi connectivity index (χ2v) is 10.1. The summed E-state index contributed by atoms with van der Waals surface area (Å²) in [6, 6.07) is 4.59. The first-order valence-corrected chi connectivity index (χ1v) is 9.69. The number of aromatic hydroxyl groups is 1. The molecule has 0 aliphatic heterocycles. The maximum absolute atomic E-state index is 10.7. The van der Waals surface area contributed by atoms with Gasteiger partial charge >= 0.3 is 0 Å². The molecular formula is C22H33NO. The number of phenolic OH excluding ortho intramolecular Hbond substituents is 1. The summed E-state index contributed by atoms with van der Waals surface area (Å²) in [6.45, 7) is 11.8. The van der Waals surface area contributed by atoms with Crippen molar-refractivity contribution in [2.75, 3.05) is 0 Å². The van der Waals surface area contributed by atoms with Crippen LogP contribution in [-0.4, -0.2) is 11.1 Å². The van der Waals surface area contributed by atoms with Gasteiger partial charge in [-0.15, -0.1) is 0 Å². The number of rotatable bonds is 0. The van der Waals surface area contributed by atoms with E-state index in [0.717, 1.165) is 12.8 Å². The molecular weight excluding hydrogens is 294 g/mol. The topological polar surface area (TPSA) is 46.2 Å². The predicted molar refractivity (Wildman–Crippen MR) is 99.2 cm³/mol. The van der Waals surface area contributed by atoms with E-state index in [0.29, 0.717) is 29.0 Å². The Bertz CT molecular complexity index is 693. The fourth-order valence-electron chi connectivity index (χ4n) is 7.22. The molecule has 3 aliphatic rings. The van der Waals surface area contributed by atoms with Crippen LogP contribution in [0.1, 0.15) is 70.1 Å². The zero-order valence-corrected chi connectivity index (χ0v) is 15.9. The Morgan fingerprint density at radius 3 is 2.46 bits per heavy atom.